The van der Waals surface area contributed by atoms with Gasteiger partial charge in [0.25, 0.3) is 5.91 Å². The van der Waals surface area contributed by atoms with Crippen LogP contribution in [0.2, 0.25) is 10.0 Å². The summed E-state index contributed by atoms with van der Waals surface area (Å²) >= 11 is 12.3. The molecule has 1 aliphatic heterocycles. The Hall–Kier alpha value is -2.83. The van der Waals surface area contributed by atoms with E-state index >= 15 is 0 Å². The third-order valence-electron chi connectivity index (χ3n) is 5.00. The van der Waals surface area contributed by atoms with E-state index in [0.717, 1.165) is 16.6 Å². The molecule has 154 valence electrons. The van der Waals surface area contributed by atoms with E-state index in [-0.39, 0.29) is 27.2 Å². The number of hydrogen-bond donors (Lipinski definition) is 2. The van der Waals surface area contributed by atoms with Crippen LogP contribution in [-0.2, 0) is 0 Å². The number of aryl methyl sites for hydroxylation is 1. The molecule has 3 amide bonds. The summed E-state index contributed by atoms with van der Waals surface area (Å²) in [5.41, 5.74) is 2.58. The highest BCUT2D eigenvalue weighted by Gasteiger charge is 2.37. The van der Waals surface area contributed by atoms with Crippen molar-refractivity contribution in [3.63, 3.8) is 0 Å². The first-order valence-electron chi connectivity index (χ1n) is 9.41. The Morgan fingerprint density at radius 3 is 2.47 bits per heavy atom. The summed E-state index contributed by atoms with van der Waals surface area (Å²) in [6.45, 7) is 6.39. The molecule has 30 heavy (non-hydrogen) atoms. The lowest BCUT2D eigenvalue weighted by molar-refractivity contribution is 0.102. The highest BCUT2D eigenvalue weighted by Crippen LogP contribution is 2.36. The third kappa shape index (κ3) is 3.57. The average Bonchev–Trinajstić information content (AvgIpc) is 2.93. The molecule has 1 aromatic heterocycles. The Balaban J connectivity index is 1.79. The van der Waals surface area contributed by atoms with Gasteiger partial charge in [-0.3, -0.25) is 14.7 Å². The SMILES string of the molecule is Cc1cnc2c(NC(=O)c3c(Cl)cccc3Cl)cccc2c1N1CC(C)(C)NC1=O. The molecular weight excluding hydrogens is 423 g/mol. The first kappa shape index (κ1) is 20.4. The summed E-state index contributed by atoms with van der Waals surface area (Å²) in [6.07, 6.45) is 1.70. The van der Waals surface area contributed by atoms with Gasteiger partial charge in [-0.2, -0.15) is 0 Å². The van der Waals surface area contributed by atoms with E-state index in [4.69, 9.17) is 23.2 Å². The molecule has 8 heteroatoms. The van der Waals surface area contributed by atoms with Crippen molar-refractivity contribution in [3.05, 3.63) is 63.8 Å². The van der Waals surface area contributed by atoms with Crippen molar-refractivity contribution in [2.24, 2.45) is 0 Å². The Kier molecular flexibility index (Phi) is 5.08. The van der Waals surface area contributed by atoms with Gasteiger partial charge in [0.2, 0.25) is 0 Å². The summed E-state index contributed by atoms with van der Waals surface area (Å²) in [7, 11) is 0. The maximum absolute atomic E-state index is 12.9. The van der Waals surface area contributed by atoms with Crippen molar-refractivity contribution in [2.75, 3.05) is 16.8 Å². The lowest BCUT2D eigenvalue weighted by Gasteiger charge is -2.22. The van der Waals surface area contributed by atoms with Crippen LogP contribution in [0.4, 0.5) is 16.2 Å². The van der Waals surface area contributed by atoms with E-state index in [0.29, 0.717) is 17.7 Å². The highest BCUT2D eigenvalue weighted by molar-refractivity contribution is 6.40. The Bertz CT molecular complexity index is 1170. The number of benzene rings is 2. The smallest absolute Gasteiger partial charge is 0.322 e. The number of pyridine rings is 1. The number of anilines is 2. The first-order chi connectivity index (χ1) is 14.2. The topological polar surface area (TPSA) is 74.3 Å². The molecule has 4 rings (SSSR count). The summed E-state index contributed by atoms with van der Waals surface area (Å²) in [6, 6.07) is 10.2. The summed E-state index contributed by atoms with van der Waals surface area (Å²) in [4.78, 5) is 31.7. The zero-order chi connectivity index (χ0) is 21.6. The maximum atomic E-state index is 12.9. The molecule has 0 radical (unpaired) electrons. The van der Waals surface area contributed by atoms with E-state index in [2.05, 4.69) is 15.6 Å². The van der Waals surface area contributed by atoms with Crippen LogP contribution in [0, 0.1) is 6.92 Å². The zero-order valence-electron chi connectivity index (χ0n) is 16.7. The Morgan fingerprint density at radius 2 is 1.83 bits per heavy atom. The number of hydrogen-bond acceptors (Lipinski definition) is 3. The summed E-state index contributed by atoms with van der Waals surface area (Å²) in [5, 5.41) is 7.14. The summed E-state index contributed by atoms with van der Waals surface area (Å²) in [5.74, 6) is -0.429. The van der Waals surface area contributed by atoms with Crippen LogP contribution in [0.15, 0.2) is 42.6 Å². The predicted molar refractivity (Wildman–Crippen MR) is 121 cm³/mol. The number of urea groups is 1. The first-order valence-corrected chi connectivity index (χ1v) is 10.2. The van der Waals surface area contributed by atoms with Gasteiger partial charge in [0.15, 0.2) is 0 Å². The van der Waals surface area contributed by atoms with Crippen molar-refractivity contribution in [2.45, 2.75) is 26.3 Å². The van der Waals surface area contributed by atoms with Gasteiger partial charge in [-0.15, -0.1) is 0 Å². The van der Waals surface area contributed by atoms with Gasteiger partial charge in [0.1, 0.15) is 0 Å². The molecule has 0 unspecified atom stereocenters. The minimum atomic E-state index is -0.429. The molecule has 0 atom stereocenters. The van der Waals surface area contributed by atoms with Gasteiger partial charge < -0.3 is 10.6 Å². The molecular formula is C22H20Cl2N4O2. The maximum Gasteiger partial charge on any atom is 0.322 e. The molecule has 2 N–H and O–H groups in total. The van der Waals surface area contributed by atoms with Gasteiger partial charge in [0.05, 0.1) is 44.6 Å². The number of aromatic nitrogens is 1. The van der Waals surface area contributed by atoms with E-state index in [1.807, 2.05) is 32.9 Å². The molecule has 0 bridgehead atoms. The largest absolute Gasteiger partial charge is 0.331 e. The van der Waals surface area contributed by atoms with Gasteiger partial charge in [-0.25, -0.2) is 4.79 Å². The van der Waals surface area contributed by atoms with Crippen LogP contribution in [0.25, 0.3) is 10.9 Å². The van der Waals surface area contributed by atoms with Crippen molar-refractivity contribution < 1.29 is 9.59 Å². The summed E-state index contributed by atoms with van der Waals surface area (Å²) < 4.78 is 0. The number of carbonyl (C=O) groups is 2. The second-order valence-electron chi connectivity index (χ2n) is 7.94. The monoisotopic (exact) mass is 442 g/mol. The van der Waals surface area contributed by atoms with Crippen molar-refractivity contribution in [1.82, 2.24) is 10.3 Å². The van der Waals surface area contributed by atoms with Crippen molar-refractivity contribution in [3.8, 4) is 0 Å². The zero-order valence-corrected chi connectivity index (χ0v) is 18.2. The van der Waals surface area contributed by atoms with E-state index in [1.54, 1.807) is 35.4 Å². The Labute approximate surface area is 184 Å². The molecule has 6 nitrogen and oxygen atoms in total. The van der Waals surface area contributed by atoms with Crippen LogP contribution in [0.3, 0.4) is 0 Å². The van der Waals surface area contributed by atoms with Crippen LogP contribution in [0.5, 0.6) is 0 Å². The van der Waals surface area contributed by atoms with Crippen LogP contribution >= 0.6 is 23.2 Å². The van der Waals surface area contributed by atoms with E-state index in [9.17, 15) is 9.59 Å². The lowest BCUT2D eigenvalue weighted by Crippen LogP contribution is -2.36. The van der Waals surface area contributed by atoms with Gasteiger partial charge in [-0.1, -0.05) is 41.4 Å². The molecule has 1 aliphatic rings. The van der Waals surface area contributed by atoms with Crippen LogP contribution in [-0.4, -0.2) is 29.0 Å². The fourth-order valence-corrected chi connectivity index (χ4v) is 4.28. The highest BCUT2D eigenvalue weighted by atomic mass is 35.5. The molecule has 0 aliphatic carbocycles. The number of para-hydroxylation sites is 1. The number of carbonyl (C=O) groups excluding carboxylic acids is 2. The standard InChI is InChI=1S/C22H20Cl2N4O2/c1-12-10-25-18-13(19(12)28-11-22(2,3)27-21(28)30)6-4-9-16(18)26-20(29)17-14(23)7-5-8-15(17)24/h4-10H,11H2,1-3H3,(H,26,29)(H,27,30). The molecule has 0 saturated carbocycles. The number of fused-ring (bicyclic) bond motifs is 1. The van der Waals surface area contributed by atoms with Gasteiger partial charge in [-0.05, 0) is 44.5 Å². The fraction of sp³-hybridized carbons (Fsp3) is 0.227. The minimum Gasteiger partial charge on any atom is -0.331 e. The van der Waals surface area contributed by atoms with Gasteiger partial charge >= 0.3 is 6.03 Å². The third-order valence-corrected chi connectivity index (χ3v) is 5.63. The quantitative estimate of drug-likeness (QED) is 0.569. The Morgan fingerprint density at radius 1 is 1.17 bits per heavy atom. The molecule has 1 saturated heterocycles. The second-order valence-corrected chi connectivity index (χ2v) is 8.76. The lowest BCUT2D eigenvalue weighted by atomic mass is 10.0. The second kappa shape index (κ2) is 7.45. The molecule has 0 spiro atoms. The van der Waals surface area contributed by atoms with Crippen molar-refractivity contribution in [1.29, 1.82) is 0 Å². The van der Waals surface area contributed by atoms with Crippen LogP contribution < -0.4 is 15.5 Å². The molecule has 1 fully saturated rings. The number of amides is 3. The molecule has 2 heterocycles. The van der Waals surface area contributed by atoms with E-state index in [1.165, 1.54) is 0 Å². The number of nitrogens with one attached hydrogen (secondary N) is 2. The normalized spacial score (nSPS) is 15.4. The van der Waals surface area contributed by atoms with Crippen LogP contribution in [0.1, 0.15) is 29.8 Å². The molecule has 2 aromatic carbocycles. The molecule has 3 aromatic rings. The number of nitrogens with zero attached hydrogens (tertiary/aromatic N) is 2. The van der Waals surface area contributed by atoms with E-state index < -0.39 is 5.91 Å². The number of rotatable bonds is 3. The average molecular weight is 443 g/mol. The predicted octanol–water partition coefficient (Wildman–Crippen LogP) is 5.41. The fourth-order valence-electron chi connectivity index (χ4n) is 3.71. The van der Waals surface area contributed by atoms with Crippen molar-refractivity contribution >= 4 is 57.4 Å². The minimum absolute atomic E-state index is 0.159. The van der Waals surface area contributed by atoms with Gasteiger partial charge in [0, 0.05) is 11.6 Å². The number of halogens is 2.